The van der Waals surface area contributed by atoms with Gasteiger partial charge in [0.25, 0.3) is 0 Å². The quantitative estimate of drug-likeness (QED) is 0.358. The van der Waals surface area contributed by atoms with Crippen molar-refractivity contribution in [1.82, 2.24) is 44.7 Å². The Hall–Kier alpha value is -4.60. The molecule has 0 aliphatic heterocycles. The fourth-order valence-electron chi connectivity index (χ4n) is 4.01. The van der Waals surface area contributed by atoms with Gasteiger partial charge in [0.05, 0.1) is 22.3 Å². The highest BCUT2D eigenvalue weighted by atomic mass is 15.2. The molecule has 0 atom stereocenters. The van der Waals surface area contributed by atoms with E-state index in [2.05, 4.69) is 66.4 Å². The Labute approximate surface area is 194 Å². The van der Waals surface area contributed by atoms with Crippen molar-refractivity contribution in [3.05, 3.63) is 61.2 Å². The number of aromatic nitrogens is 9. The fraction of sp³-hybridized carbons (Fsp3) is 0.167. The lowest BCUT2D eigenvalue weighted by Gasteiger charge is -2.10. The van der Waals surface area contributed by atoms with E-state index in [9.17, 15) is 0 Å². The van der Waals surface area contributed by atoms with Gasteiger partial charge in [-0.1, -0.05) is 0 Å². The van der Waals surface area contributed by atoms with E-state index in [1.807, 2.05) is 42.3 Å². The molecule has 0 radical (unpaired) electrons. The van der Waals surface area contributed by atoms with Crippen LogP contribution in [0.2, 0.25) is 0 Å². The second-order valence-corrected chi connectivity index (χ2v) is 8.49. The first-order valence-electron chi connectivity index (χ1n) is 11.0. The van der Waals surface area contributed by atoms with E-state index in [1.54, 1.807) is 12.5 Å². The van der Waals surface area contributed by atoms with Gasteiger partial charge in [-0.2, -0.15) is 5.10 Å². The lowest BCUT2D eigenvalue weighted by molar-refractivity contribution is 0.898. The minimum absolute atomic E-state index is 0.317. The van der Waals surface area contributed by atoms with Crippen molar-refractivity contribution >= 4 is 27.8 Å². The minimum Gasteiger partial charge on any atom is -0.382 e. The van der Waals surface area contributed by atoms with Gasteiger partial charge in [0.1, 0.15) is 17.5 Å². The maximum Gasteiger partial charge on any atom is 0.166 e. The van der Waals surface area contributed by atoms with Crippen LogP contribution in [-0.2, 0) is 0 Å². The molecular formula is C24H22N10. The maximum absolute atomic E-state index is 4.84. The van der Waals surface area contributed by atoms with Crippen molar-refractivity contribution in [2.45, 2.75) is 26.8 Å². The third-order valence-electron chi connectivity index (χ3n) is 5.51. The van der Waals surface area contributed by atoms with Crippen LogP contribution in [0.3, 0.4) is 0 Å². The monoisotopic (exact) mass is 450 g/mol. The summed E-state index contributed by atoms with van der Waals surface area (Å²) in [5.41, 5.74) is 6.78. The Morgan fingerprint density at radius 1 is 1.03 bits per heavy atom. The van der Waals surface area contributed by atoms with Crippen molar-refractivity contribution in [2.24, 2.45) is 0 Å². The molecule has 0 aliphatic rings. The van der Waals surface area contributed by atoms with Crippen LogP contribution in [-0.4, -0.2) is 50.7 Å². The third-order valence-corrected chi connectivity index (χ3v) is 5.51. The summed E-state index contributed by atoms with van der Waals surface area (Å²) in [6, 6.07) is 6.35. The van der Waals surface area contributed by atoms with Gasteiger partial charge in [0, 0.05) is 48.2 Å². The lowest BCUT2D eigenvalue weighted by atomic mass is 10.1. The molecule has 6 aromatic heterocycles. The average Bonchev–Trinajstić information content (AvgIpc) is 3.55. The average molecular weight is 451 g/mol. The Morgan fingerprint density at radius 3 is 2.74 bits per heavy atom. The number of fused-ring (bicyclic) bond motifs is 2. The number of hydrogen-bond acceptors (Lipinski definition) is 7. The molecule has 34 heavy (non-hydrogen) atoms. The lowest BCUT2D eigenvalue weighted by Crippen LogP contribution is -2.09. The van der Waals surface area contributed by atoms with Crippen molar-refractivity contribution < 1.29 is 0 Å². The zero-order valence-corrected chi connectivity index (χ0v) is 18.9. The van der Waals surface area contributed by atoms with Crippen molar-refractivity contribution in [2.75, 3.05) is 5.32 Å². The van der Waals surface area contributed by atoms with Crippen molar-refractivity contribution in [1.29, 1.82) is 0 Å². The molecule has 0 fully saturated rings. The summed E-state index contributed by atoms with van der Waals surface area (Å²) < 4.78 is 1.87. The number of hydrogen-bond donors (Lipinski definition) is 3. The van der Waals surface area contributed by atoms with Crippen molar-refractivity contribution in [3.63, 3.8) is 0 Å². The summed E-state index contributed by atoms with van der Waals surface area (Å²) >= 11 is 0. The summed E-state index contributed by atoms with van der Waals surface area (Å²) in [5.74, 6) is 1.35. The number of anilines is 1. The topological polar surface area (TPSA) is 126 Å². The van der Waals surface area contributed by atoms with Crippen LogP contribution in [0.1, 0.15) is 19.5 Å². The van der Waals surface area contributed by atoms with E-state index in [4.69, 9.17) is 4.98 Å². The molecule has 0 bridgehead atoms. The molecule has 10 heteroatoms. The summed E-state index contributed by atoms with van der Waals surface area (Å²) in [6.07, 6.45) is 10.9. The van der Waals surface area contributed by atoms with Crippen LogP contribution in [0, 0.1) is 6.92 Å². The molecule has 0 amide bonds. The Kier molecular flexibility index (Phi) is 4.58. The molecule has 6 rings (SSSR count). The second-order valence-electron chi connectivity index (χ2n) is 8.49. The van der Waals surface area contributed by atoms with E-state index in [0.29, 0.717) is 29.0 Å². The van der Waals surface area contributed by atoms with Gasteiger partial charge in [-0.05, 0) is 39.0 Å². The smallest absolute Gasteiger partial charge is 0.166 e. The highest BCUT2D eigenvalue weighted by Gasteiger charge is 2.17. The Balaban J connectivity index is 1.45. The number of imidazole rings is 2. The maximum atomic E-state index is 4.84. The zero-order valence-electron chi connectivity index (χ0n) is 18.9. The van der Waals surface area contributed by atoms with Gasteiger partial charge in [0.15, 0.2) is 17.3 Å². The first-order chi connectivity index (χ1) is 16.5. The third kappa shape index (κ3) is 3.45. The molecule has 0 saturated carbocycles. The van der Waals surface area contributed by atoms with Crippen LogP contribution in [0.25, 0.3) is 50.5 Å². The first-order valence-corrected chi connectivity index (χ1v) is 11.0. The van der Waals surface area contributed by atoms with Crippen LogP contribution in [0.4, 0.5) is 5.69 Å². The fourth-order valence-corrected chi connectivity index (χ4v) is 4.01. The number of nitrogens with zero attached hydrogens (tertiary/aromatic N) is 7. The standard InChI is InChI=1S/C24H22N10/c1-13(2)29-17-6-15(8-25-10-17)16-7-18-20(32-33-22(18)27-9-16)23-30-19-4-5-26-24(21(19)31-23)34-11-14(3)28-12-34/h4-13,29H,1-3H3,(H,30,31)(H,27,32,33). The number of nitrogens with one attached hydrogen (secondary N) is 3. The molecule has 10 nitrogen and oxygen atoms in total. The molecule has 6 aromatic rings. The van der Waals surface area contributed by atoms with Gasteiger partial charge >= 0.3 is 0 Å². The van der Waals surface area contributed by atoms with Gasteiger partial charge in [0.2, 0.25) is 0 Å². The summed E-state index contributed by atoms with van der Waals surface area (Å²) in [7, 11) is 0. The van der Waals surface area contributed by atoms with Crippen LogP contribution in [0.15, 0.2) is 55.5 Å². The number of aryl methyl sites for hydroxylation is 1. The largest absolute Gasteiger partial charge is 0.382 e. The number of rotatable bonds is 5. The molecule has 0 saturated heterocycles. The zero-order chi connectivity index (χ0) is 23.2. The summed E-state index contributed by atoms with van der Waals surface area (Å²) in [5, 5.41) is 11.8. The predicted molar refractivity (Wildman–Crippen MR) is 131 cm³/mol. The normalized spacial score (nSPS) is 11.6. The Bertz CT molecular complexity index is 1640. The number of H-pyrrole nitrogens is 2. The Morgan fingerprint density at radius 2 is 1.91 bits per heavy atom. The molecule has 0 unspecified atom stereocenters. The number of aromatic amines is 2. The molecule has 0 aliphatic carbocycles. The van der Waals surface area contributed by atoms with Crippen LogP contribution >= 0.6 is 0 Å². The van der Waals surface area contributed by atoms with E-state index in [0.717, 1.165) is 38.9 Å². The van der Waals surface area contributed by atoms with Crippen molar-refractivity contribution in [3.8, 4) is 28.5 Å². The van der Waals surface area contributed by atoms with Gasteiger partial charge in [-0.25, -0.2) is 19.9 Å². The molecule has 168 valence electrons. The van der Waals surface area contributed by atoms with Gasteiger partial charge < -0.3 is 10.3 Å². The van der Waals surface area contributed by atoms with Gasteiger partial charge in [-0.3, -0.25) is 14.6 Å². The van der Waals surface area contributed by atoms with E-state index < -0.39 is 0 Å². The molecule has 0 aromatic carbocycles. The van der Waals surface area contributed by atoms with E-state index >= 15 is 0 Å². The molecule has 3 N–H and O–H groups in total. The van der Waals surface area contributed by atoms with Gasteiger partial charge in [-0.15, -0.1) is 0 Å². The summed E-state index contributed by atoms with van der Waals surface area (Å²) in [6.45, 7) is 6.14. The van der Waals surface area contributed by atoms with E-state index in [1.165, 1.54) is 0 Å². The summed E-state index contributed by atoms with van der Waals surface area (Å²) in [4.78, 5) is 26.0. The number of pyridine rings is 3. The molecular weight excluding hydrogens is 428 g/mol. The SMILES string of the molecule is Cc1cn(-c2nccc3[nH]c(-c4n[nH]c5ncc(-c6cncc(NC(C)C)c6)cc45)nc23)cn1. The predicted octanol–water partition coefficient (Wildman–Crippen LogP) is 4.27. The minimum atomic E-state index is 0.317. The van der Waals surface area contributed by atoms with E-state index in [-0.39, 0.29) is 0 Å². The highest BCUT2D eigenvalue weighted by molar-refractivity contribution is 5.94. The molecule has 6 heterocycles. The van der Waals surface area contributed by atoms with Crippen LogP contribution in [0.5, 0.6) is 0 Å². The first kappa shape index (κ1) is 20.0. The highest BCUT2D eigenvalue weighted by Crippen LogP contribution is 2.30. The second kappa shape index (κ2) is 7.77. The molecule has 0 spiro atoms. The van der Waals surface area contributed by atoms with Crippen LogP contribution < -0.4 is 5.32 Å².